The summed E-state index contributed by atoms with van der Waals surface area (Å²) in [5.41, 5.74) is 10.5. The normalized spacial score (nSPS) is 12.8. The first-order valence-electron chi connectivity index (χ1n) is 13.4. The maximum absolute atomic E-state index is 15.2. The number of nitrogens with two attached hydrogens (primary N) is 1. The largest absolute Gasteiger partial charge is 0.454 e. The van der Waals surface area contributed by atoms with Crippen molar-refractivity contribution in [2.75, 3.05) is 12.5 Å². The second-order valence-electron chi connectivity index (χ2n) is 9.94. The zero-order valence-electron chi connectivity index (χ0n) is 22.1. The molecule has 0 amide bonds. The first-order chi connectivity index (χ1) is 20.1. The molecule has 0 saturated heterocycles. The molecule has 2 heterocycles. The summed E-state index contributed by atoms with van der Waals surface area (Å²) >= 11 is 0. The van der Waals surface area contributed by atoms with Crippen molar-refractivity contribution in [3.05, 3.63) is 155 Å². The lowest BCUT2D eigenvalue weighted by Crippen LogP contribution is -2.38. The van der Waals surface area contributed by atoms with Crippen molar-refractivity contribution >= 4 is 28.7 Å². The molecule has 1 aliphatic heterocycles. The van der Waals surface area contributed by atoms with E-state index >= 15 is 4.39 Å². The van der Waals surface area contributed by atoms with E-state index in [0.29, 0.717) is 17.0 Å². The van der Waals surface area contributed by atoms with Gasteiger partial charge in [-0.15, -0.1) is 0 Å². The zero-order chi connectivity index (χ0) is 27.8. The van der Waals surface area contributed by atoms with E-state index in [1.165, 1.54) is 6.07 Å². The van der Waals surface area contributed by atoms with E-state index in [0.717, 1.165) is 33.4 Å². The van der Waals surface area contributed by atoms with E-state index in [-0.39, 0.29) is 12.5 Å². The van der Waals surface area contributed by atoms with Crippen molar-refractivity contribution in [3.8, 4) is 11.5 Å². The first-order valence-corrected chi connectivity index (χ1v) is 13.4. The number of ether oxygens (including phenoxy) is 2. The summed E-state index contributed by atoms with van der Waals surface area (Å²) in [6, 6.07) is 39.5. The van der Waals surface area contributed by atoms with Gasteiger partial charge >= 0.3 is 0 Å². The minimum absolute atomic E-state index is 0.0690. The van der Waals surface area contributed by atoms with Gasteiger partial charge in [0.1, 0.15) is 11.4 Å². The molecule has 0 spiro atoms. The van der Waals surface area contributed by atoms with Gasteiger partial charge in [0.05, 0.1) is 16.9 Å². The van der Waals surface area contributed by atoms with Gasteiger partial charge in [-0.05, 0) is 46.5 Å². The molecule has 0 fully saturated rings. The molecular weight excluding hydrogens is 513 g/mol. The van der Waals surface area contributed by atoms with Crippen LogP contribution in [0.5, 0.6) is 11.5 Å². The molecule has 0 atom stereocenters. The Morgan fingerprint density at radius 3 is 1.90 bits per heavy atom. The van der Waals surface area contributed by atoms with Gasteiger partial charge in [0.2, 0.25) is 6.79 Å². The highest BCUT2D eigenvalue weighted by Crippen LogP contribution is 2.43. The zero-order valence-corrected chi connectivity index (χ0v) is 22.1. The maximum Gasteiger partial charge on any atom is 0.231 e. The second kappa shape index (κ2) is 9.99. The van der Waals surface area contributed by atoms with Gasteiger partial charge in [-0.1, -0.05) is 103 Å². The van der Waals surface area contributed by atoms with Crippen LogP contribution in [0, 0.1) is 5.82 Å². The minimum Gasteiger partial charge on any atom is -0.454 e. The van der Waals surface area contributed by atoms with Crippen LogP contribution in [-0.4, -0.2) is 16.6 Å². The summed E-state index contributed by atoms with van der Waals surface area (Å²) in [4.78, 5) is 0. The lowest BCUT2D eigenvalue weighted by atomic mass is 9.77. The van der Waals surface area contributed by atoms with E-state index in [1.807, 2.05) is 89.6 Å². The van der Waals surface area contributed by atoms with Crippen LogP contribution in [0.1, 0.15) is 27.9 Å². The highest BCUT2D eigenvalue weighted by Gasteiger charge is 2.40. The minimum atomic E-state index is -0.907. The molecule has 6 heteroatoms. The van der Waals surface area contributed by atoms with Crippen molar-refractivity contribution in [1.82, 2.24) is 9.78 Å². The Bertz CT molecular complexity index is 1790. The maximum atomic E-state index is 15.2. The smallest absolute Gasteiger partial charge is 0.231 e. The van der Waals surface area contributed by atoms with Gasteiger partial charge in [-0.25, -0.2) is 9.07 Å². The third-order valence-electron chi connectivity index (χ3n) is 7.55. The third kappa shape index (κ3) is 4.12. The Balaban J connectivity index is 1.53. The highest BCUT2D eigenvalue weighted by molar-refractivity contribution is 5.92. The number of hydrogen-bond acceptors (Lipinski definition) is 4. The molecule has 0 aliphatic carbocycles. The van der Waals surface area contributed by atoms with Crippen LogP contribution in [-0.2, 0) is 5.54 Å². The number of benzene rings is 5. The van der Waals surface area contributed by atoms with Crippen LogP contribution in [0.15, 0.2) is 121 Å². The standard InChI is InChI=1S/C35H26FN3O2/c36-29-22-32-28(21-30(29)37)31(18-16-24-17-19-33-34(20-24)41-23-40-33)38-39(32)35(25-10-4-1-5-11-25,26-12-6-2-7-13-26)27-14-8-3-9-15-27/h1-22H,23,37H2/b18-16+. The second-order valence-corrected chi connectivity index (χ2v) is 9.94. The summed E-state index contributed by atoms with van der Waals surface area (Å²) in [6.07, 6.45) is 3.89. The van der Waals surface area contributed by atoms with E-state index in [9.17, 15) is 0 Å². The van der Waals surface area contributed by atoms with Crippen LogP contribution in [0.25, 0.3) is 23.1 Å². The Labute approximate surface area is 236 Å². The number of hydrogen-bond donors (Lipinski definition) is 1. The molecule has 5 aromatic carbocycles. The van der Waals surface area contributed by atoms with Gasteiger partial charge < -0.3 is 15.2 Å². The summed E-state index contributed by atoms with van der Waals surface area (Å²) in [7, 11) is 0. The van der Waals surface area contributed by atoms with Crippen molar-refractivity contribution in [2.24, 2.45) is 0 Å². The molecule has 1 aromatic heterocycles. The molecule has 0 unspecified atom stereocenters. The molecule has 5 nitrogen and oxygen atoms in total. The summed E-state index contributed by atoms with van der Waals surface area (Å²) in [6.45, 7) is 0.211. The molecule has 2 N–H and O–H groups in total. The number of halogens is 1. The molecule has 200 valence electrons. The Hall–Kier alpha value is -5.36. The van der Waals surface area contributed by atoms with Crippen molar-refractivity contribution in [1.29, 1.82) is 0 Å². The number of nitrogen functional groups attached to an aromatic ring is 1. The van der Waals surface area contributed by atoms with Crippen molar-refractivity contribution in [3.63, 3.8) is 0 Å². The molecule has 0 bridgehead atoms. The topological polar surface area (TPSA) is 62.3 Å². The Morgan fingerprint density at radius 1 is 0.707 bits per heavy atom. The van der Waals surface area contributed by atoms with E-state index < -0.39 is 11.4 Å². The number of rotatable bonds is 6. The van der Waals surface area contributed by atoms with Crippen molar-refractivity contribution in [2.45, 2.75) is 5.54 Å². The molecule has 41 heavy (non-hydrogen) atoms. The van der Waals surface area contributed by atoms with Crippen LogP contribution in [0.4, 0.5) is 10.1 Å². The predicted molar refractivity (Wildman–Crippen MR) is 160 cm³/mol. The Kier molecular flexibility index (Phi) is 6.01. The van der Waals surface area contributed by atoms with E-state index in [4.69, 9.17) is 20.3 Å². The summed E-state index contributed by atoms with van der Waals surface area (Å²) in [5.74, 6) is 0.927. The summed E-state index contributed by atoms with van der Waals surface area (Å²) < 4.78 is 28.1. The number of aromatic nitrogens is 2. The SMILES string of the molecule is Nc1cc2c(/C=C/c3ccc4c(c3)OCO4)nn(C(c3ccccc3)(c3ccccc3)c3ccccc3)c2cc1F. The predicted octanol–water partition coefficient (Wildman–Crippen LogP) is 7.50. The third-order valence-corrected chi connectivity index (χ3v) is 7.55. The molecule has 0 saturated carbocycles. The van der Waals surface area contributed by atoms with E-state index in [1.54, 1.807) is 6.07 Å². The first kappa shape index (κ1) is 24.7. The van der Waals surface area contributed by atoms with Crippen LogP contribution < -0.4 is 15.2 Å². The lowest BCUT2D eigenvalue weighted by molar-refractivity contribution is 0.174. The van der Waals surface area contributed by atoms with Gasteiger partial charge in [0, 0.05) is 11.5 Å². The molecule has 7 rings (SSSR count). The average Bonchev–Trinajstić information content (AvgIpc) is 3.63. The van der Waals surface area contributed by atoms with Crippen LogP contribution in [0.2, 0.25) is 0 Å². The summed E-state index contributed by atoms with van der Waals surface area (Å²) in [5, 5.41) is 5.96. The monoisotopic (exact) mass is 539 g/mol. The Morgan fingerprint density at radius 2 is 1.29 bits per heavy atom. The van der Waals surface area contributed by atoms with Crippen molar-refractivity contribution < 1.29 is 13.9 Å². The van der Waals surface area contributed by atoms with E-state index in [2.05, 4.69) is 36.4 Å². The highest BCUT2D eigenvalue weighted by atomic mass is 19.1. The van der Waals surface area contributed by atoms with Gasteiger partial charge in [0.25, 0.3) is 0 Å². The fourth-order valence-corrected chi connectivity index (χ4v) is 5.65. The lowest BCUT2D eigenvalue weighted by Gasteiger charge is -2.37. The quantitative estimate of drug-likeness (QED) is 0.176. The van der Waals surface area contributed by atoms with Crippen LogP contribution in [0.3, 0.4) is 0 Å². The molecule has 6 aromatic rings. The van der Waals surface area contributed by atoms with Gasteiger partial charge in [-0.3, -0.25) is 0 Å². The van der Waals surface area contributed by atoms with Gasteiger partial charge in [0.15, 0.2) is 11.5 Å². The average molecular weight is 540 g/mol. The number of nitrogens with zero attached hydrogens (tertiary/aromatic N) is 2. The fraction of sp³-hybridized carbons (Fsp3) is 0.0571. The van der Waals surface area contributed by atoms with Crippen LogP contribution >= 0.6 is 0 Å². The van der Waals surface area contributed by atoms with Gasteiger partial charge in [-0.2, -0.15) is 5.10 Å². The molecular formula is C35H26FN3O2. The number of fused-ring (bicyclic) bond motifs is 2. The molecule has 0 radical (unpaired) electrons. The molecule has 1 aliphatic rings. The fourth-order valence-electron chi connectivity index (χ4n) is 5.65. The number of anilines is 1.